The highest BCUT2D eigenvalue weighted by atomic mass is 16.2. The molecular weight excluding hydrogens is 230 g/mol. The van der Waals surface area contributed by atoms with Gasteiger partial charge >= 0.3 is 6.03 Å². The molecule has 0 bridgehead atoms. The number of nitrogens with zero attached hydrogens (tertiary/aromatic N) is 2. The molecule has 0 radical (unpaired) electrons. The lowest BCUT2D eigenvalue weighted by Crippen LogP contribution is -2.37. The van der Waals surface area contributed by atoms with Gasteiger partial charge in [0.2, 0.25) is 0 Å². The van der Waals surface area contributed by atoms with Crippen molar-refractivity contribution in [2.75, 3.05) is 18.0 Å². The number of hydrogen-bond donors (Lipinski definition) is 3. The van der Waals surface area contributed by atoms with Crippen molar-refractivity contribution in [3.63, 3.8) is 0 Å². The number of urea groups is 1. The van der Waals surface area contributed by atoms with Crippen LogP contribution in [0.25, 0.3) is 0 Å². The second kappa shape index (κ2) is 7.29. The van der Waals surface area contributed by atoms with Gasteiger partial charge in [-0.05, 0) is 31.5 Å². The highest BCUT2D eigenvalue weighted by molar-refractivity contribution is 5.82. The van der Waals surface area contributed by atoms with Crippen LogP contribution in [-0.2, 0) is 0 Å². The number of carbonyl (C=O) groups is 1. The summed E-state index contributed by atoms with van der Waals surface area (Å²) in [6.45, 7) is 6.19. The van der Waals surface area contributed by atoms with Crippen LogP contribution in [0.1, 0.15) is 19.4 Å². The number of benzene rings is 1. The van der Waals surface area contributed by atoms with Gasteiger partial charge in [-0.2, -0.15) is 5.10 Å². The minimum absolute atomic E-state index is 0.550. The van der Waals surface area contributed by atoms with Crippen LogP contribution in [0.3, 0.4) is 0 Å². The molecule has 4 N–H and O–H groups in total. The third-order valence-electron chi connectivity index (χ3n) is 2.53. The monoisotopic (exact) mass is 249 g/mol. The van der Waals surface area contributed by atoms with E-state index >= 15 is 0 Å². The van der Waals surface area contributed by atoms with E-state index in [-0.39, 0.29) is 0 Å². The van der Waals surface area contributed by atoms with Gasteiger partial charge in [0, 0.05) is 18.8 Å². The normalized spacial score (nSPS) is 10.4. The molecule has 0 spiro atoms. The molecule has 98 valence electrons. The van der Waals surface area contributed by atoms with Gasteiger partial charge in [-0.25, -0.2) is 16.1 Å². The quantitative estimate of drug-likeness (QED) is 0.315. The van der Waals surface area contributed by atoms with E-state index in [1.54, 1.807) is 6.21 Å². The van der Waals surface area contributed by atoms with Gasteiger partial charge in [-0.1, -0.05) is 12.1 Å². The maximum Gasteiger partial charge on any atom is 0.349 e. The summed E-state index contributed by atoms with van der Waals surface area (Å²) in [6, 6.07) is 7.39. The highest BCUT2D eigenvalue weighted by Crippen LogP contribution is 2.13. The third-order valence-corrected chi connectivity index (χ3v) is 2.53. The van der Waals surface area contributed by atoms with Crippen LogP contribution in [0.5, 0.6) is 0 Å². The van der Waals surface area contributed by atoms with Crippen molar-refractivity contribution < 1.29 is 4.79 Å². The lowest BCUT2D eigenvalue weighted by Gasteiger charge is -2.20. The molecule has 0 atom stereocenters. The number of hydrazine groups is 1. The maximum atomic E-state index is 10.8. The standard InChI is InChI=1S/C12H19N5O/c1-3-17(4-2)11-7-5-10(6-8-11)9-14-16-12(18)15-13/h5-9H,3-4,13H2,1-2H3,(H2,15,16,18). The molecule has 0 saturated heterocycles. The van der Waals surface area contributed by atoms with E-state index in [2.05, 4.69) is 29.3 Å². The van der Waals surface area contributed by atoms with Crippen LogP contribution >= 0.6 is 0 Å². The van der Waals surface area contributed by atoms with Gasteiger partial charge in [0.1, 0.15) is 0 Å². The van der Waals surface area contributed by atoms with Crippen LogP contribution in [0.2, 0.25) is 0 Å². The minimum atomic E-state index is -0.550. The molecular formula is C12H19N5O. The first kappa shape index (κ1) is 14.0. The molecule has 1 aromatic carbocycles. The Morgan fingerprint density at radius 2 is 1.94 bits per heavy atom. The van der Waals surface area contributed by atoms with Gasteiger partial charge in [-0.3, -0.25) is 5.43 Å². The summed E-state index contributed by atoms with van der Waals surface area (Å²) < 4.78 is 0. The summed E-state index contributed by atoms with van der Waals surface area (Å²) in [7, 11) is 0. The summed E-state index contributed by atoms with van der Waals surface area (Å²) >= 11 is 0. The van der Waals surface area contributed by atoms with E-state index in [0.29, 0.717) is 0 Å². The Balaban J connectivity index is 2.62. The van der Waals surface area contributed by atoms with Crippen molar-refractivity contribution in [2.45, 2.75) is 13.8 Å². The van der Waals surface area contributed by atoms with Crippen LogP contribution in [0, 0.1) is 0 Å². The van der Waals surface area contributed by atoms with E-state index in [1.165, 1.54) is 5.69 Å². The van der Waals surface area contributed by atoms with Gasteiger partial charge in [0.15, 0.2) is 0 Å². The molecule has 1 rings (SSSR count). The average Bonchev–Trinajstić information content (AvgIpc) is 2.41. The Morgan fingerprint density at radius 3 is 2.44 bits per heavy atom. The molecule has 0 aromatic heterocycles. The first-order valence-electron chi connectivity index (χ1n) is 5.85. The molecule has 0 aliphatic carbocycles. The molecule has 0 aliphatic rings. The van der Waals surface area contributed by atoms with E-state index in [1.807, 2.05) is 29.7 Å². The molecule has 6 heteroatoms. The Kier molecular flexibility index (Phi) is 5.66. The van der Waals surface area contributed by atoms with Gasteiger partial charge in [-0.15, -0.1) is 0 Å². The van der Waals surface area contributed by atoms with Crippen LogP contribution < -0.4 is 21.6 Å². The predicted molar refractivity (Wildman–Crippen MR) is 73.5 cm³/mol. The summed E-state index contributed by atoms with van der Waals surface area (Å²) in [5.74, 6) is 4.89. The molecule has 1 aromatic rings. The molecule has 18 heavy (non-hydrogen) atoms. The van der Waals surface area contributed by atoms with Gasteiger partial charge in [0.25, 0.3) is 0 Å². The topological polar surface area (TPSA) is 82.8 Å². The molecule has 0 heterocycles. The maximum absolute atomic E-state index is 10.8. The van der Waals surface area contributed by atoms with Crippen molar-refractivity contribution in [1.29, 1.82) is 0 Å². The summed E-state index contributed by atoms with van der Waals surface area (Å²) in [4.78, 5) is 13.0. The van der Waals surface area contributed by atoms with Crippen molar-refractivity contribution >= 4 is 17.9 Å². The van der Waals surface area contributed by atoms with Crippen molar-refractivity contribution in [2.24, 2.45) is 10.9 Å². The Bertz CT molecular complexity index is 397. The lowest BCUT2D eigenvalue weighted by atomic mass is 10.2. The summed E-state index contributed by atoms with van der Waals surface area (Å²) in [5, 5.41) is 3.75. The zero-order chi connectivity index (χ0) is 13.4. The first-order valence-corrected chi connectivity index (χ1v) is 5.85. The third kappa shape index (κ3) is 4.06. The largest absolute Gasteiger partial charge is 0.372 e. The van der Waals surface area contributed by atoms with Crippen LogP contribution in [-0.4, -0.2) is 25.3 Å². The van der Waals surface area contributed by atoms with Crippen LogP contribution in [0.15, 0.2) is 29.4 Å². The predicted octanol–water partition coefficient (Wildman–Crippen LogP) is 1.04. The van der Waals surface area contributed by atoms with E-state index in [0.717, 1.165) is 18.7 Å². The highest BCUT2D eigenvalue weighted by Gasteiger charge is 2.00. The van der Waals surface area contributed by atoms with Crippen molar-refractivity contribution in [3.05, 3.63) is 29.8 Å². The molecule has 0 saturated carbocycles. The Labute approximate surface area is 107 Å². The number of amides is 2. The fraction of sp³-hybridized carbons (Fsp3) is 0.333. The first-order chi connectivity index (χ1) is 8.71. The van der Waals surface area contributed by atoms with Gasteiger partial charge in [0.05, 0.1) is 6.21 Å². The number of carbonyl (C=O) groups excluding carboxylic acids is 1. The second-order valence-corrected chi connectivity index (χ2v) is 3.61. The fourth-order valence-corrected chi connectivity index (χ4v) is 1.56. The minimum Gasteiger partial charge on any atom is -0.372 e. The number of hydrogen-bond acceptors (Lipinski definition) is 4. The SMILES string of the molecule is CCN(CC)c1ccc(C=NNC(=O)NN)cc1. The van der Waals surface area contributed by atoms with Crippen LogP contribution in [0.4, 0.5) is 10.5 Å². The number of nitrogens with two attached hydrogens (primary N) is 1. The molecule has 0 unspecified atom stereocenters. The summed E-state index contributed by atoms with van der Waals surface area (Å²) in [6.07, 6.45) is 1.56. The van der Waals surface area contributed by atoms with Gasteiger partial charge < -0.3 is 4.90 Å². The number of hydrazone groups is 1. The Morgan fingerprint density at radius 1 is 1.33 bits per heavy atom. The number of anilines is 1. The molecule has 0 aliphatic heterocycles. The molecule has 0 fully saturated rings. The lowest BCUT2D eigenvalue weighted by molar-refractivity contribution is 0.241. The molecule has 6 nitrogen and oxygen atoms in total. The Hall–Kier alpha value is -2.08. The zero-order valence-electron chi connectivity index (χ0n) is 10.7. The van der Waals surface area contributed by atoms with E-state index in [4.69, 9.17) is 5.84 Å². The summed E-state index contributed by atoms with van der Waals surface area (Å²) in [5.41, 5.74) is 6.22. The second-order valence-electron chi connectivity index (χ2n) is 3.61. The fourth-order valence-electron chi connectivity index (χ4n) is 1.56. The zero-order valence-corrected chi connectivity index (χ0v) is 10.7. The number of nitrogens with one attached hydrogen (secondary N) is 2. The average molecular weight is 249 g/mol. The van der Waals surface area contributed by atoms with Crippen molar-refractivity contribution in [1.82, 2.24) is 10.9 Å². The smallest absolute Gasteiger partial charge is 0.349 e. The van der Waals surface area contributed by atoms with E-state index in [9.17, 15) is 4.79 Å². The molecule has 2 amide bonds. The van der Waals surface area contributed by atoms with E-state index < -0.39 is 6.03 Å². The number of rotatable bonds is 5. The van der Waals surface area contributed by atoms with Crippen molar-refractivity contribution in [3.8, 4) is 0 Å².